The van der Waals surface area contributed by atoms with Crippen LogP contribution in [0.25, 0.3) is 5.65 Å². The summed E-state index contributed by atoms with van der Waals surface area (Å²) in [5, 5.41) is 10.6. The molecule has 8 nitrogen and oxygen atoms in total. The number of anilines is 1. The number of aromatic nitrogens is 5. The number of hydrogen-bond donors (Lipinski definition) is 1. The van der Waals surface area contributed by atoms with E-state index >= 15 is 0 Å². The predicted octanol–water partition coefficient (Wildman–Crippen LogP) is 2.32. The van der Waals surface area contributed by atoms with Crippen LogP contribution in [0.3, 0.4) is 0 Å². The SMILES string of the molecule is CC(C)O[C@H]1CCc2c1cc(C(=O)Nc1ncc(F)cn1)c1nncn21. The monoisotopic (exact) mass is 356 g/mol. The molecule has 9 heteroatoms. The molecule has 134 valence electrons. The number of carbonyl (C=O) groups excluding carboxylic acids is 1. The molecule has 1 aliphatic rings. The lowest BCUT2D eigenvalue weighted by molar-refractivity contribution is 0.00787. The summed E-state index contributed by atoms with van der Waals surface area (Å²) >= 11 is 0. The average Bonchev–Trinajstić information content (AvgIpc) is 3.22. The van der Waals surface area contributed by atoms with E-state index in [1.54, 1.807) is 12.4 Å². The lowest BCUT2D eigenvalue weighted by Gasteiger charge is -2.17. The zero-order chi connectivity index (χ0) is 18.3. The minimum Gasteiger partial charge on any atom is -0.371 e. The molecule has 3 aromatic rings. The van der Waals surface area contributed by atoms with Crippen molar-refractivity contribution in [2.24, 2.45) is 0 Å². The fourth-order valence-corrected chi connectivity index (χ4v) is 3.21. The number of nitrogens with zero attached hydrogens (tertiary/aromatic N) is 5. The smallest absolute Gasteiger partial charge is 0.261 e. The highest BCUT2D eigenvalue weighted by molar-refractivity contribution is 6.07. The third-order valence-corrected chi connectivity index (χ3v) is 4.23. The van der Waals surface area contributed by atoms with Gasteiger partial charge in [-0.2, -0.15) is 0 Å². The number of halogens is 1. The van der Waals surface area contributed by atoms with E-state index in [0.29, 0.717) is 11.2 Å². The van der Waals surface area contributed by atoms with Crippen molar-refractivity contribution in [2.45, 2.75) is 38.9 Å². The number of aryl methyl sites for hydroxylation is 1. The molecule has 0 saturated heterocycles. The first-order chi connectivity index (χ1) is 12.5. The van der Waals surface area contributed by atoms with Gasteiger partial charge < -0.3 is 4.74 Å². The summed E-state index contributed by atoms with van der Waals surface area (Å²) in [6, 6.07) is 1.79. The van der Waals surface area contributed by atoms with E-state index in [0.717, 1.165) is 36.5 Å². The maximum atomic E-state index is 12.9. The second kappa shape index (κ2) is 6.41. The summed E-state index contributed by atoms with van der Waals surface area (Å²) < 4.78 is 20.7. The summed E-state index contributed by atoms with van der Waals surface area (Å²) in [5.41, 5.74) is 2.79. The van der Waals surface area contributed by atoms with E-state index in [4.69, 9.17) is 4.74 Å². The third-order valence-electron chi connectivity index (χ3n) is 4.23. The Bertz CT molecular complexity index is 969. The molecule has 0 saturated carbocycles. The minimum absolute atomic E-state index is 0.0181. The topological polar surface area (TPSA) is 94.3 Å². The number of hydrogen-bond acceptors (Lipinski definition) is 6. The molecule has 3 heterocycles. The Labute approximate surface area is 148 Å². The van der Waals surface area contributed by atoms with Crippen molar-refractivity contribution < 1.29 is 13.9 Å². The average molecular weight is 356 g/mol. The van der Waals surface area contributed by atoms with Crippen LogP contribution in [0.4, 0.5) is 10.3 Å². The molecular formula is C17H17FN6O2. The maximum absolute atomic E-state index is 12.9. The molecule has 1 atom stereocenters. The highest BCUT2D eigenvalue weighted by Crippen LogP contribution is 2.36. The maximum Gasteiger partial charge on any atom is 0.261 e. The van der Waals surface area contributed by atoms with Gasteiger partial charge in [0.25, 0.3) is 5.91 Å². The zero-order valence-corrected chi connectivity index (χ0v) is 14.3. The number of fused-ring (bicyclic) bond motifs is 3. The van der Waals surface area contributed by atoms with Crippen LogP contribution in [0.15, 0.2) is 24.8 Å². The molecule has 1 aliphatic carbocycles. The first-order valence-electron chi connectivity index (χ1n) is 8.33. The number of rotatable bonds is 4. The molecule has 1 amide bonds. The second-order valence-electron chi connectivity index (χ2n) is 6.38. The Kier molecular flexibility index (Phi) is 4.08. The van der Waals surface area contributed by atoms with Gasteiger partial charge in [0.15, 0.2) is 11.5 Å². The molecule has 0 radical (unpaired) electrons. The largest absolute Gasteiger partial charge is 0.371 e. The Balaban J connectivity index is 1.73. The fraction of sp³-hybridized carbons (Fsp3) is 0.353. The van der Waals surface area contributed by atoms with Crippen LogP contribution in [0.5, 0.6) is 0 Å². The Morgan fingerprint density at radius 2 is 2.15 bits per heavy atom. The molecule has 0 fully saturated rings. The minimum atomic E-state index is -0.575. The van der Waals surface area contributed by atoms with Gasteiger partial charge in [-0.3, -0.25) is 14.5 Å². The van der Waals surface area contributed by atoms with Gasteiger partial charge in [0.05, 0.1) is 30.2 Å². The number of carbonyl (C=O) groups is 1. The Morgan fingerprint density at radius 1 is 1.38 bits per heavy atom. The van der Waals surface area contributed by atoms with Crippen LogP contribution in [-0.2, 0) is 11.2 Å². The molecule has 0 unspecified atom stereocenters. The summed E-state index contributed by atoms with van der Waals surface area (Å²) in [6.07, 6.45) is 5.24. The molecule has 0 aliphatic heterocycles. The molecule has 0 aromatic carbocycles. The fourth-order valence-electron chi connectivity index (χ4n) is 3.21. The molecule has 3 aromatic heterocycles. The first kappa shape index (κ1) is 16.5. The van der Waals surface area contributed by atoms with Crippen molar-refractivity contribution in [3.05, 3.63) is 47.4 Å². The lowest BCUT2D eigenvalue weighted by Crippen LogP contribution is -2.17. The van der Waals surface area contributed by atoms with Crippen molar-refractivity contribution in [1.82, 2.24) is 24.6 Å². The first-order valence-corrected chi connectivity index (χ1v) is 8.33. The normalized spacial score (nSPS) is 16.2. The van der Waals surface area contributed by atoms with Gasteiger partial charge >= 0.3 is 0 Å². The van der Waals surface area contributed by atoms with Gasteiger partial charge in [0.1, 0.15) is 6.33 Å². The van der Waals surface area contributed by atoms with Crippen molar-refractivity contribution in [1.29, 1.82) is 0 Å². The van der Waals surface area contributed by atoms with Gasteiger partial charge in [0, 0.05) is 11.3 Å². The van der Waals surface area contributed by atoms with Crippen molar-refractivity contribution in [3.63, 3.8) is 0 Å². The van der Waals surface area contributed by atoms with Gasteiger partial charge in [-0.15, -0.1) is 10.2 Å². The van der Waals surface area contributed by atoms with Gasteiger partial charge in [0.2, 0.25) is 5.95 Å². The quantitative estimate of drug-likeness (QED) is 0.771. The highest BCUT2D eigenvalue weighted by atomic mass is 19.1. The standard InChI is InChI=1S/C17H17FN6O2/c1-9(2)26-14-4-3-13-11(14)5-12(15-23-21-8-24(13)15)16(25)22-17-19-6-10(18)7-20-17/h5-9,14H,3-4H2,1-2H3,(H,19,20,22,25)/t14-/m0/s1. The van der Waals surface area contributed by atoms with Crippen molar-refractivity contribution in [3.8, 4) is 0 Å². The van der Waals surface area contributed by atoms with Crippen LogP contribution in [0, 0.1) is 5.82 Å². The number of nitrogens with one attached hydrogen (secondary N) is 1. The second-order valence-corrected chi connectivity index (χ2v) is 6.38. The van der Waals surface area contributed by atoms with Crippen LogP contribution >= 0.6 is 0 Å². The number of pyridine rings is 1. The predicted molar refractivity (Wildman–Crippen MR) is 90.2 cm³/mol. The van der Waals surface area contributed by atoms with E-state index in [9.17, 15) is 9.18 Å². The van der Waals surface area contributed by atoms with Crippen molar-refractivity contribution in [2.75, 3.05) is 5.32 Å². The van der Waals surface area contributed by atoms with E-state index in [1.807, 2.05) is 18.2 Å². The molecule has 1 N–H and O–H groups in total. The molecule has 26 heavy (non-hydrogen) atoms. The van der Waals surface area contributed by atoms with Gasteiger partial charge in [-0.05, 0) is 32.8 Å². The highest BCUT2D eigenvalue weighted by Gasteiger charge is 2.29. The summed E-state index contributed by atoms with van der Waals surface area (Å²) in [7, 11) is 0. The van der Waals surface area contributed by atoms with E-state index in [1.165, 1.54) is 0 Å². The van der Waals surface area contributed by atoms with Crippen molar-refractivity contribution >= 4 is 17.5 Å². The molecule has 0 bridgehead atoms. The third kappa shape index (κ3) is 2.90. The van der Waals surface area contributed by atoms with Crippen LogP contribution < -0.4 is 5.32 Å². The Hall–Kier alpha value is -2.94. The Morgan fingerprint density at radius 3 is 2.88 bits per heavy atom. The molecule has 0 spiro atoms. The molecule has 4 rings (SSSR count). The van der Waals surface area contributed by atoms with E-state index in [-0.39, 0.29) is 18.2 Å². The summed E-state index contributed by atoms with van der Waals surface area (Å²) in [5.74, 6) is -0.994. The molecular weight excluding hydrogens is 339 g/mol. The van der Waals surface area contributed by atoms with Crippen LogP contribution in [-0.4, -0.2) is 36.6 Å². The van der Waals surface area contributed by atoms with Gasteiger partial charge in [-0.25, -0.2) is 14.4 Å². The van der Waals surface area contributed by atoms with Crippen LogP contribution in [0.1, 0.15) is 48.0 Å². The van der Waals surface area contributed by atoms with Gasteiger partial charge in [-0.1, -0.05) is 0 Å². The number of amides is 1. The number of ether oxygens (including phenoxy) is 1. The summed E-state index contributed by atoms with van der Waals surface area (Å²) in [6.45, 7) is 3.96. The lowest BCUT2D eigenvalue weighted by atomic mass is 10.1. The summed E-state index contributed by atoms with van der Waals surface area (Å²) in [4.78, 5) is 20.2. The zero-order valence-electron chi connectivity index (χ0n) is 14.3. The van der Waals surface area contributed by atoms with E-state index in [2.05, 4.69) is 25.5 Å². The van der Waals surface area contributed by atoms with Crippen LogP contribution in [0.2, 0.25) is 0 Å². The van der Waals surface area contributed by atoms with E-state index < -0.39 is 11.7 Å².